The fraction of sp³-hybridized carbons (Fsp3) is 0.500. The molecule has 0 bridgehead atoms. The second kappa shape index (κ2) is 7.11. The highest BCUT2D eigenvalue weighted by Crippen LogP contribution is 2.31. The normalized spacial score (nSPS) is 16.3. The van der Waals surface area contributed by atoms with Gasteiger partial charge in [-0.3, -0.25) is 9.59 Å². The molecule has 5 nitrogen and oxygen atoms in total. The highest BCUT2D eigenvalue weighted by atomic mass is 16.5. The molecule has 2 rings (SSSR count). The monoisotopic (exact) mass is 291 g/mol. The second-order valence-corrected chi connectivity index (χ2v) is 5.25. The Labute approximate surface area is 124 Å². The van der Waals surface area contributed by atoms with Gasteiger partial charge in [0.2, 0.25) is 0 Å². The lowest BCUT2D eigenvalue weighted by Crippen LogP contribution is -2.41. The van der Waals surface area contributed by atoms with Crippen molar-refractivity contribution in [3.63, 3.8) is 0 Å². The van der Waals surface area contributed by atoms with Crippen molar-refractivity contribution in [2.75, 3.05) is 7.11 Å². The van der Waals surface area contributed by atoms with Crippen molar-refractivity contribution in [2.24, 2.45) is 0 Å². The maximum absolute atomic E-state index is 12.1. The van der Waals surface area contributed by atoms with E-state index in [4.69, 9.17) is 9.47 Å². The van der Waals surface area contributed by atoms with Gasteiger partial charge < -0.3 is 14.8 Å². The largest absolute Gasteiger partial charge is 0.493 e. The van der Waals surface area contributed by atoms with E-state index in [2.05, 4.69) is 5.32 Å². The maximum atomic E-state index is 12.1. The fourth-order valence-electron chi connectivity index (χ4n) is 2.53. The van der Waals surface area contributed by atoms with Crippen molar-refractivity contribution in [1.29, 1.82) is 0 Å². The summed E-state index contributed by atoms with van der Waals surface area (Å²) in [6.45, 7) is 1.67. The van der Waals surface area contributed by atoms with Crippen molar-refractivity contribution in [2.45, 2.75) is 44.8 Å². The van der Waals surface area contributed by atoms with Crippen LogP contribution >= 0.6 is 0 Å². The van der Waals surface area contributed by atoms with Gasteiger partial charge in [0.15, 0.2) is 23.9 Å². The Balaban J connectivity index is 2.05. The first kappa shape index (κ1) is 15.4. The number of carbonyl (C=O) groups is 2. The van der Waals surface area contributed by atoms with Crippen molar-refractivity contribution < 1.29 is 19.1 Å². The number of amides is 1. The predicted molar refractivity (Wildman–Crippen MR) is 78.9 cm³/mol. The highest BCUT2D eigenvalue weighted by Gasteiger charge is 2.23. The molecule has 0 aliphatic heterocycles. The topological polar surface area (TPSA) is 64.6 Å². The lowest BCUT2D eigenvalue weighted by molar-refractivity contribution is -0.128. The van der Waals surface area contributed by atoms with Gasteiger partial charge in [0.1, 0.15) is 0 Å². The quantitative estimate of drug-likeness (QED) is 0.817. The van der Waals surface area contributed by atoms with Crippen LogP contribution in [0.15, 0.2) is 18.2 Å². The number of para-hydroxylation sites is 1. The zero-order chi connectivity index (χ0) is 15.2. The first-order valence-electron chi connectivity index (χ1n) is 7.25. The van der Waals surface area contributed by atoms with Gasteiger partial charge in [-0.15, -0.1) is 0 Å². The number of ether oxygens (including phenoxy) is 2. The molecule has 114 valence electrons. The van der Waals surface area contributed by atoms with Crippen LogP contribution in [-0.4, -0.2) is 31.4 Å². The van der Waals surface area contributed by atoms with E-state index in [1.165, 1.54) is 7.11 Å². The van der Waals surface area contributed by atoms with Gasteiger partial charge in [-0.2, -0.15) is 0 Å². The smallest absolute Gasteiger partial charge is 0.260 e. The van der Waals surface area contributed by atoms with Gasteiger partial charge in [-0.05, 0) is 31.9 Å². The number of hydrogen-bond donors (Lipinski definition) is 1. The Morgan fingerprint density at radius 1 is 1.38 bits per heavy atom. The summed E-state index contributed by atoms with van der Waals surface area (Å²) >= 11 is 0. The Hall–Kier alpha value is -2.04. The van der Waals surface area contributed by atoms with Crippen LogP contribution in [0, 0.1) is 0 Å². The zero-order valence-corrected chi connectivity index (χ0v) is 12.4. The number of carbonyl (C=O) groups excluding carboxylic acids is 2. The van der Waals surface area contributed by atoms with Crippen LogP contribution in [0.3, 0.4) is 0 Å². The average molecular weight is 291 g/mol. The van der Waals surface area contributed by atoms with Crippen LogP contribution in [0.25, 0.3) is 0 Å². The summed E-state index contributed by atoms with van der Waals surface area (Å²) in [7, 11) is 1.50. The third-order valence-electron chi connectivity index (χ3n) is 3.72. The maximum Gasteiger partial charge on any atom is 0.260 e. The summed E-state index contributed by atoms with van der Waals surface area (Å²) in [5.41, 5.74) is 0.370. The van der Waals surface area contributed by atoms with Crippen LogP contribution in [-0.2, 0) is 4.79 Å². The SMILES string of the molecule is COc1cccc(C=O)c1OC(C)C(=O)NC1CCCC1. The molecule has 1 unspecified atom stereocenters. The number of benzene rings is 1. The summed E-state index contributed by atoms with van der Waals surface area (Å²) < 4.78 is 10.8. The van der Waals surface area contributed by atoms with E-state index < -0.39 is 6.10 Å². The van der Waals surface area contributed by atoms with Gasteiger partial charge in [0, 0.05) is 6.04 Å². The highest BCUT2D eigenvalue weighted by molar-refractivity contribution is 5.83. The summed E-state index contributed by atoms with van der Waals surface area (Å²) in [6, 6.07) is 5.28. The lowest BCUT2D eigenvalue weighted by Gasteiger charge is -2.20. The third kappa shape index (κ3) is 3.74. The first-order chi connectivity index (χ1) is 10.2. The number of hydrogen-bond acceptors (Lipinski definition) is 4. The zero-order valence-electron chi connectivity index (χ0n) is 12.4. The lowest BCUT2D eigenvalue weighted by atomic mass is 10.2. The molecule has 1 aromatic carbocycles. The number of rotatable bonds is 6. The Morgan fingerprint density at radius 2 is 2.10 bits per heavy atom. The Kier molecular flexibility index (Phi) is 5.20. The third-order valence-corrected chi connectivity index (χ3v) is 3.72. The molecule has 5 heteroatoms. The molecule has 1 fully saturated rings. The van der Waals surface area contributed by atoms with E-state index >= 15 is 0 Å². The standard InChI is InChI=1S/C16H21NO4/c1-11(16(19)17-13-7-3-4-8-13)21-15-12(10-18)6-5-9-14(15)20-2/h5-6,9-11,13H,3-4,7-8H2,1-2H3,(H,17,19). The number of nitrogens with one attached hydrogen (secondary N) is 1. The molecule has 0 radical (unpaired) electrons. The molecule has 1 atom stereocenters. The van der Waals surface area contributed by atoms with Crippen LogP contribution < -0.4 is 14.8 Å². The van der Waals surface area contributed by atoms with Crippen molar-refractivity contribution in [3.8, 4) is 11.5 Å². The van der Waals surface area contributed by atoms with Gasteiger partial charge in [-0.1, -0.05) is 18.9 Å². The van der Waals surface area contributed by atoms with E-state index in [1.54, 1.807) is 25.1 Å². The van der Waals surface area contributed by atoms with Gasteiger partial charge >= 0.3 is 0 Å². The molecule has 21 heavy (non-hydrogen) atoms. The second-order valence-electron chi connectivity index (χ2n) is 5.25. The first-order valence-corrected chi connectivity index (χ1v) is 7.25. The minimum atomic E-state index is -0.680. The number of methoxy groups -OCH3 is 1. The molecule has 0 aromatic heterocycles. The van der Waals surface area contributed by atoms with Gasteiger partial charge in [-0.25, -0.2) is 0 Å². The van der Waals surface area contributed by atoms with E-state index in [1.807, 2.05) is 0 Å². The molecule has 0 saturated heterocycles. The van der Waals surface area contributed by atoms with Crippen LogP contribution in [0.2, 0.25) is 0 Å². The van der Waals surface area contributed by atoms with Crippen LogP contribution in [0.5, 0.6) is 11.5 Å². The van der Waals surface area contributed by atoms with E-state index in [9.17, 15) is 9.59 Å². The summed E-state index contributed by atoms with van der Waals surface area (Å²) in [5, 5.41) is 2.98. The molecule has 1 aromatic rings. The predicted octanol–water partition coefficient (Wildman–Crippen LogP) is 2.33. The molecule has 0 spiro atoms. The number of aldehydes is 1. The average Bonchev–Trinajstić information content (AvgIpc) is 3.00. The molecule has 1 aliphatic carbocycles. The molecule has 1 amide bonds. The Bertz CT molecular complexity index is 509. The van der Waals surface area contributed by atoms with Gasteiger partial charge in [0.25, 0.3) is 5.91 Å². The van der Waals surface area contributed by atoms with Gasteiger partial charge in [0.05, 0.1) is 12.7 Å². The molecular weight excluding hydrogens is 270 g/mol. The summed E-state index contributed by atoms with van der Waals surface area (Å²) in [6.07, 6.45) is 4.36. The Morgan fingerprint density at radius 3 is 2.71 bits per heavy atom. The summed E-state index contributed by atoms with van der Waals surface area (Å²) in [4.78, 5) is 23.2. The molecular formula is C16H21NO4. The molecule has 1 saturated carbocycles. The van der Waals surface area contributed by atoms with Crippen LogP contribution in [0.4, 0.5) is 0 Å². The summed E-state index contributed by atoms with van der Waals surface area (Å²) in [5.74, 6) is 0.592. The van der Waals surface area contributed by atoms with E-state index in [0.717, 1.165) is 25.7 Å². The van der Waals surface area contributed by atoms with Crippen molar-refractivity contribution >= 4 is 12.2 Å². The van der Waals surface area contributed by atoms with E-state index in [-0.39, 0.29) is 11.9 Å². The molecule has 1 aliphatic rings. The van der Waals surface area contributed by atoms with E-state index in [0.29, 0.717) is 23.3 Å². The van der Waals surface area contributed by atoms with Crippen molar-refractivity contribution in [1.82, 2.24) is 5.32 Å². The van der Waals surface area contributed by atoms with Crippen LogP contribution in [0.1, 0.15) is 43.0 Å². The minimum Gasteiger partial charge on any atom is -0.493 e. The fourth-order valence-corrected chi connectivity index (χ4v) is 2.53. The van der Waals surface area contributed by atoms with Crippen molar-refractivity contribution in [3.05, 3.63) is 23.8 Å². The molecule has 0 heterocycles. The molecule has 1 N–H and O–H groups in total. The minimum absolute atomic E-state index is 0.162.